The first-order chi connectivity index (χ1) is 19.1. The summed E-state index contributed by atoms with van der Waals surface area (Å²) in [5, 5.41) is 17.0. The van der Waals surface area contributed by atoms with E-state index in [4.69, 9.17) is 4.74 Å². The van der Waals surface area contributed by atoms with E-state index in [-0.39, 0.29) is 18.3 Å². The molecule has 3 aromatic rings. The lowest BCUT2D eigenvalue weighted by Gasteiger charge is -2.26. The van der Waals surface area contributed by atoms with E-state index >= 15 is 0 Å². The number of ether oxygens (including phenoxy) is 1. The maximum Gasteiger partial charge on any atom is 0.419 e. The molecule has 0 aromatic carbocycles. The van der Waals surface area contributed by atoms with Gasteiger partial charge in [0, 0.05) is 57.7 Å². The van der Waals surface area contributed by atoms with Gasteiger partial charge < -0.3 is 20.1 Å². The Bertz CT molecular complexity index is 1370. The largest absolute Gasteiger partial charge is 0.419 e. The maximum absolute atomic E-state index is 13.8. The average molecular weight is 591 g/mol. The fraction of sp³-hybridized carbons (Fsp3) is 0.500. The van der Waals surface area contributed by atoms with Crippen LogP contribution in [0.15, 0.2) is 42.9 Å². The highest BCUT2D eigenvalue weighted by Crippen LogP contribution is 2.37. The molecule has 1 saturated heterocycles. The predicted octanol–water partition coefficient (Wildman–Crippen LogP) is 5.52. The minimum absolute atomic E-state index is 0.0450. The molecule has 0 radical (unpaired) electrons. The lowest BCUT2D eigenvalue weighted by Crippen LogP contribution is -2.33. The zero-order chi connectivity index (χ0) is 30.0. The molecule has 1 atom stereocenters. The molecule has 222 valence electrons. The fourth-order valence-electron chi connectivity index (χ4n) is 4.50. The van der Waals surface area contributed by atoms with E-state index in [2.05, 4.69) is 40.0 Å². The van der Waals surface area contributed by atoms with E-state index in [9.17, 15) is 23.1 Å². The van der Waals surface area contributed by atoms with Crippen LogP contribution < -0.4 is 10.2 Å². The van der Waals surface area contributed by atoms with E-state index in [1.807, 2.05) is 4.90 Å². The molecule has 0 saturated carbocycles. The van der Waals surface area contributed by atoms with Crippen LogP contribution in [0.2, 0.25) is 25.7 Å². The summed E-state index contributed by atoms with van der Waals surface area (Å²) in [4.78, 5) is 23.3. The van der Waals surface area contributed by atoms with Crippen molar-refractivity contribution in [3.05, 3.63) is 54.1 Å². The van der Waals surface area contributed by atoms with Gasteiger partial charge in [0.1, 0.15) is 18.2 Å². The number of hydrogen-bond donors (Lipinski definition) is 2. The number of anilines is 2. The lowest BCUT2D eigenvalue weighted by molar-refractivity contribution is -0.137. The highest BCUT2D eigenvalue weighted by Gasteiger charge is 2.37. The Morgan fingerprint density at radius 3 is 2.63 bits per heavy atom. The number of halogens is 3. The average Bonchev–Trinajstić information content (AvgIpc) is 3.56. The molecule has 4 rings (SSSR count). The maximum atomic E-state index is 13.8. The number of alkyl halides is 3. The Balaban J connectivity index is 1.49. The molecule has 13 heteroatoms. The van der Waals surface area contributed by atoms with Crippen molar-refractivity contribution in [3.8, 4) is 11.3 Å². The predicted molar refractivity (Wildman–Crippen MR) is 153 cm³/mol. The Morgan fingerprint density at radius 1 is 1.22 bits per heavy atom. The molecule has 2 N–H and O–H groups in total. The van der Waals surface area contributed by atoms with Crippen LogP contribution in [0, 0.1) is 5.92 Å². The van der Waals surface area contributed by atoms with Gasteiger partial charge in [0.05, 0.1) is 28.7 Å². The molecule has 0 aliphatic carbocycles. The van der Waals surface area contributed by atoms with Gasteiger partial charge in [-0.1, -0.05) is 25.7 Å². The van der Waals surface area contributed by atoms with Crippen LogP contribution in [0.4, 0.5) is 24.7 Å². The number of amides is 1. The molecule has 1 aliphatic heterocycles. The van der Waals surface area contributed by atoms with Gasteiger partial charge in [0.15, 0.2) is 0 Å². The first-order valence-corrected chi connectivity index (χ1v) is 17.2. The first-order valence-electron chi connectivity index (χ1n) is 13.5. The van der Waals surface area contributed by atoms with Gasteiger partial charge in [-0.25, -0.2) is 14.6 Å². The summed E-state index contributed by atoms with van der Waals surface area (Å²) in [6, 6.07) is 7.01. The third kappa shape index (κ3) is 8.14. The smallest absolute Gasteiger partial charge is 0.390 e. The minimum atomic E-state index is -4.73. The Kier molecular flexibility index (Phi) is 8.90. The van der Waals surface area contributed by atoms with E-state index in [0.29, 0.717) is 43.2 Å². The van der Waals surface area contributed by atoms with Crippen molar-refractivity contribution in [1.82, 2.24) is 19.7 Å². The topological polar surface area (TPSA) is 105 Å². The second-order valence-electron chi connectivity index (χ2n) is 12.1. The third-order valence-electron chi connectivity index (χ3n) is 7.09. The zero-order valence-electron chi connectivity index (χ0n) is 24.0. The quantitative estimate of drug-likeness (QED) is 0.237. The van der Waals surface area contributed by atoms with E-state index in [0.717, 1.165) is 12.2 Å². The van der Waals surface area contributed by atoms with Gasteiger partial charge in [-0.15, -0.1) is 0 Å². The summed E-state index contributed by atoms with van der Waals surface area (Å²) in [6.07, 6.45) is 0.0140. The van der Waals surface area contributed by atoms with Gasteiger partial charge in [0.25, 0.3) is 5.91 Å². The highest BCUT2D eigenvalue weighted by molar-refractivity contribution is 6.76. The molecule has 1 fully saturated rings. The summed E-state index contributed by atoms with van der Waals surface area (Å²) in [7, 11) is -1.20. The van der Waals surface area contributed by atoms with Crippen LogP contribution in [-0.4, -0.2) is 64.1 Å². The monoisotopic (exact) mass is 590 g/mol. The molecular weight excluding hydrogens is 553 g/mol. The van der Waals surface area contributed by atoms with Crippen molar-refractivity contribution in [3.63, 3.8) is 0 Å². The first kappa shape index (κ1) is 30.7. The number of pyridine rings is 2. The van der Waals surface area contributed by atoms with E-state index < -0.39 is 37.0 Å². The number of nitrogens with zero attached hydrogens (tertiary/aromatic N) is 5. The van der Waals surface area contributed by atoms with Crippen molar-refractivity contribution in [2.45, 2.75) is 64.5 Å². The molecule has 3 aromatic heterocycles. The van der Waals surface area contributed by atoms with Crippen molar-refractivity contribution in [2.24, 2.45) is 5.92 Å². The van der Waals surface area contributed by atoms with Crippen LogP contribution in [0.25, 0.3) is 11.3 Å². The molecule has 41 heavy (non-hydrogen) atoms. The van der Waals surface area contributed by atoms with Crippen LogP contribution in [0.5, 0.6) is 0 Å². The summed E-state index contributed by atoms with van der Waals surface area (Å²) in [5.74, 6) is -0.550. The lowest BCUT2D eigenvalue weighted by atomic mass is 9.90. The Labute approximate surface area is 238 Å². The number of rotatable bonds is 10. The van der Waals surface area contributed by atoms with Crippen molar-refractivity contribution < 1.29 is 27.8 Å². The molecule has 0 spiro atoms. The summed E-state index contributed by atoms with van der Waals surface area (Å²) >= 11 is 0. The van der Waals surface area contributed by atoms with Gasteiger partial charge in [-0.05, 0) is 38.4 Å². The second kappa shape index (κ2) is 11.9. The molecule has 4 heterocycles. The molecule has 9 nitrogen and oxygen atoms in total. The van der Waals surface area contributed by atoms with Crippen molar-refractivity contribution in [2.75, 3.05) is 29.9 Å². The van der Waals surface area contributed by atoms with Gasteiger partial charge in [-0.2, -0.15) is 18.3 Å². The van der Waals surface area contributed by atoms with Crippen molar-refractivity contribution >= 4 is 25.5 Å². The molecule has 0 bridgehead atoms. The van der Waals surface area contributed by atoms with Crippen LogP contribution in [-0.2, 0) is 17.6 Å². The molecular formula is C28H37F3N6O3Si. The number of nitrogens with one attached hydrogen (secondary N) is 1. The summed E-state index contributed by atoms with van der Waals surface area (Å²) < 4.78 is 48.8. The second-order valence-corrected chi connectivity index (χ2v) is 17.8. The number of hydrogen-bond acceptors (Lipinski definition) is 7. The molecule has 1 amide bonds. The minimum Gasteiger partial charge on any atom is -0.390 e. The SMILES string of the molecule is CC(C)(O)[C@@H]1CCN(c2cc(NC(=O)c3cccc(-c4cnn(COCC[Si](C)(C)C)c4)n3)c(C(F)(F)F)cn2)C1. The van der Waals surface area contributed by atoms with Crippen LogP contribution in [0.1, 0.15) is 36.3 Å². The van der Waals surface area contributed by atoms with Crippen molar-refractivity contribution in [1.29, 1.82) is 0 Å². The number of aromatic nitrogens is 4. The Morgan fingerprint density at radius 2 is 1.98 bits per heavy atom. The highest BCUT2D eigenvalue weighted by atomic mass is 28.3. The summed E-state index contributed by atoms with van der Waals surface area (Å²) in [5.41, 5.74) is -1.34. The number of carbonyl (C=O) groups excluding carboxylic acids is 1. The number of carbonyl (C=O) groups is 1. The Hall–Kier alpha value is -3.29. The van der Waals surface area contributed by atoms with Gasteiger partial charge in [0.2, 0.25) is 0 Å². The van der Waals surface area contributed by atoms with E-state index in [1.54, 1.807) is 43.1 Å². The fourth-order valence-corrected chi connectivity index (χ4v) is 5.26. The van der Waals surface area contributed by atoms with Gasteiger partial charge in [-0.3, -0.25) is 4.79 Å². The van der Waals surface area contributed by atoms with Crippen LogP contribution >= 0.6 is 0 Å². The normalized spacial score (nSPS) is 16.3. The molecule has 0 unspecified atom stereocenters. The zero-order valence-corrected chi connectivity index (χ0v) is 25.0. The third-order valence-corrected chi connectivity index (χ3v) is 8.79. The molecule has 1 aliphatic rings. The van der Waals surface area contributed by atoms with Gasteiger partial charge >= 0.3 is 6.18 Å². The standard InChI is InChI=1S/C28H37F3N6O3Si/c1-27(2,39)20-9-10-36(17-20)25-13-24(21(15-32-25)28(29,30)31)35-26(38)23-8-6-7-22(34-23)19-14-33-37(16-19)18-40-11-12-41(3,4)5/h6-8,13-16,20,39H,9-12,17-18H2,1-5H3,(H,32,35,38)/t20-/m1/s1. The summed E-state index contributed by atoms with van der Waals surface area (Å²) in [6.45, 7) is 12.1. The van der Waals surface area contributed by atoms with Crippen LogP contribution in [0.3, 0.4) is 0 Å². The van der Waals surface area contributed by atoms with E-state index in [1.165, 1.54) is 12.1 Å². The number of aliphatic hydroxyl groups is 1.